The highest BCUT2D eigenvalue weighted by atomic mass is 16.5. The summed E-state index contributed by atoms with van der Waals surface area (Å²) in [5, 5.41) is 3.11. The van der Waals surface area contributed by atoms with Crippen LogP contribution in [0.15, 0.2) is 0 Å². The van der Waals surface area contributed by atoms with Gasteiger partial charge >= 0.3 is 5.97 Å². The molecule has 0 fully saturated rings. The number of nitrogens with one attached hydrogen (secondary N) is 1. The van der Waals surface area contributed by atoms with Crippen molar-refractivity contribution in [2.45, 2.75) is 26.3 Å². The highest BCUT2D eigenvalue weighted by Gasteiger charge is 1.98. The van der Waals surface area contributed by atoms with Crippen LogP contribution < -0.4 is 5.32 Å². The number of hydrogen-bond donors (Lipinski definition) is 1. The predicted molar refractivity (Wildman–Crippen MR) is 39.8 cm³/mol. The molecular formula is C7H15NO2. The van der Waals surface area contributed by atoms with Crippen molar-refractivity contribution in [3.05, 3.63) is 0 Å². The van der Waals surface area contributed by atoms with E-state index in [1.54, 1.807) is 0 Å². The van der Waals surface area contributed by atoms with E-state index in [9.17, 15) is 4.79 Å². The van der Waals surface area contributed by atoms with E-state index < -0.39 is 0 Å². The first-order valence-electron chi connectivity index (χ1n) is 3.47. The standard InChI is InChI=1S/C7H15NO2/c1-6(2)8-5-4-7(9)10-3/h6,8H,4-5H2,1-3H3. The molecule has 60 valence electrons. The number of rotatable bonds is 4. The van der Waals surface area contributed by atoms with Crippen molar-refractivity contribution in [2.24, 2.45) is 0 Å². The zero-order valence-electron chi connectivity index (χ0n) is 6.81. The molecule has 3 heteroatoms. The van der Waals surface area contributed by atoms with Crippen molar-refractivity contribution in [1.29, 1.82) is 0 Å². The number of hydrogen-bond acceptors (Lipinski definition) is 3. The van der Waals surface area contributed by atoms with Crippen LogP contribution in [0.1, 0.15) is 20.3 Å². The first-order valence-corrected chi connectivity index (χ1v) is 3.47. The van der Waals surface area contributed by atoms with Crippen LogP contribution in [0, 0.1) is 0 Å². The molecule has 0 radical (unpaired) electrons. The molecule has 0 bridgehead atoms. The van der Waals surface area contributed by atoms with E-state index in [1.165, 1.54) is 7.11 Å². The van der Waals surface area contributed by atoms with Crippen LogP contribution in [0.4, 0.5) is 0 Å². The zero-order chi connectivity index (χ0) is 7.98. The molecule has 1 N–H and O–H groups in total. The Morgan fingerprint density at radius 3 is 2.60 bits per heavy atom. The minimum atomic E-state index is -0.159. The summed E-state index contributed by atoms with van der Waals surface area (Å²) in [5.41, 5.74) is 0. The smallest absolute Gasteiger partial charge is 0.306 e. The highest BCUT2D eigenvalue weighted by molar-refractivity contribution is 5.69. The van der Waals surface area contributed by atoms with Gasteiger partial charge in [0.1, 0.15) is 0 Å². The van der Waals surface area contributed by atoms with Crippen LogP contribution in [0.5, 0.6) is 0 Å². The van der Waals surface area contributed by atoms with Crippen LogP contribution in [0.2, 0.25) is 0 Å². The fourth-order valence-corrected chi connectivity index (χ4v) is 0.565. The maximum Gasteiger partial charge on any atom is 0.306 e. The van der Waals surface area contributed by atoms with Gasteiger partial charge in [-0.25, -0.2) is 0 Å². The Labute approximate surface area is 61.8 Å². The molecule has 0 aromatic heterocycles. The van der Waals surface area contributed by atoms with E-state index in [2.05, 4.69) is 10.1 Å². The van der Waals surface area contributed by atoms with Crippen LogP contribution in [-0.2, 0) is 9.53 Å². The van der Waals surface area contributed by atoms with Gasteiger partial charge in [0, 0.05) is 12.6 Å². The molecule has 0 rings (SSSR count). The molecule has 0 saturated carbocycles. The lowest BCUT2D eigenvalue weighted by molar-refractivity contribution is -0.140. The van der Waals surface area contributed by atoms with Crippen LogP contribution in [0.25, 0.3) is 0 Å². The quantitative estimate of drug-likeness (QED) is 0.587. The maximum atomic E-state index is 10.5. The summed E-state index contributed by atoms with van der Waals surface area (Å²) in [4.78, 5) is 10.5. The molecule has 3 nitrogen and oxygen atoms in total. The summed E-state index contributed by atoms with van der Waals surface area (Å²) < 4.78 is 4.45. The molecular weight excluding hydrogens is 130 g/mol. The largest absolute Gasteiger partial charge is 0.469 e. The fourth-order valence-electron chi connectivity index (χ4n) is 0.565. The van der Waals surface area contributed by atoms with Crippen molar-refractivity contribution in [3.8, 4) is 0 Å². The van der Waals surface area contributed by atoms with E-state index in [-0.39, 0.29) is 5.97 Å². The Morgan fingerprint density at radius 1 is 1.60 bits per heavy atom. The highest BCUT2D eigenvalue weighted by Crippen LogP contribution is 1.83. The second kappa shape index (κ2) is 5.23. The molecule has 0 spiro atoms. The first kappa shape index (κ1) is 9.43. The Kier molecular flexibility index (Phi) is 4.94. The molecule has 0 heterocycles. The summed E-state index contributed by atoms with van der Waals surface area (Å²) in [6, 6.07) is 0.435. The molecule has 0 saturated heterocycles. The van der Waals surface area contributed by atoms with Crippen molar-refractivity contribution >= 4 is 5.97 Å². The van der Waals surface area contributed by atoms with E-state index in [0.29, 0.717) is 19.0 Å². The Balaban J connectivity index is 3.12. The SMILES string of the molecule is COC(=O)CCNC(C)C. The van der Waals surface area contributed by atoms with E-state index >= 15 is 0 Å². The topological polar surface area (TPSA) is 38.3 Å². The number of carbonyl (C=O) groups is 1. The normalized spacial score (nSPS) is 10.0. The van der Waals surface area contributed by atoms with Gasteiger partial charge in [0.25, 0.3) is 0 Å². The van der Waals surface area contributed by atoms with Gasteiger partial charge in [-0.1, -0.05) is 13.8 Å². The Bertz CT molecular complexity index is 102. The van der Waals surface area contributed by atoms with Crippen molar-refractivity contribution < 1.29 is 9.53 Å². The minimum absolute atomic E-state index is 0.159. The fraction of sp³-hybridized carbons (Fsp3) is 0.857. The Morgan fingerprint density at radius 2 is 2.20 bits per heavy atom. The molecule has 0 aliphatic heterocycles. The summed E-state index contributed by atoms with van der Waals surface area (Å²) >= 11 is 0. The monoisotopic (exact) mass is 145 g/mol. The van der Waals surface area contributed by atoms with Crippen molar-refractivity contribution in [1.82, 2.24) is 5.32 Å². The summed E-state index contributed by atoms with van der Waals surface area (Å²) in [6.45, 7) is 4.78. The Hall–Kier alpha value is -0.570. The van der Waals surface area contributed by atoms with Crippen LogP contribution in [-0.4, -0.2) is 25.7 Å². The van der Waals surface area contributed by atoms with Gasteiger partial charge in [-0.05, 0) is 0 Å². The molecule has 0 amide bonds. The summed E-state index contributed by atoms with van der Waals surface area (Å²) in [5.74, 6) is -0.159. The summed E-state index contributed by atoms with van der Waals surface area (Å²) in [7, 11) is 1.40. The third-order valence-corrected chi connectivity index (χ3v) is 1.11. The van der Waals surface area contributed by atoms with E-state index in [4.69, 9.17) is 0 Å². The van der Waals surface area contributed by atoms with Crippen molar-refractivity contribution in [2.75, 3.05) is 13.7 Å². The van der Waals surface area contributed by atoms with Crippen molar-refractivity contribution in [3.63, 3.8) is 0 Å². The van der Waals surface area contributed by atoms with Gasteiger partial charge in [0.15, 0.2) is 0 Å². The van der Waals surface area contributed by atoms with Gasteiger partial charge < -0.3 is 10.1 Å². The lowest BCUT2D eigenvalue weighted by atomic mass is 10.3. The first-order chi connectivity index (χ1) is 4.66. The molecule has 0 aromatic carbocycles. The molecule has 0 aromatic rings. The average Bonchev–Trinajstić information content (AvgIpc) is 1.87. The van der Waals surface area contributed by atoms with Gasteiger partial charge in [-0.2, -0.15) is 0 Å². The number of carbonyl (C=O) groups excluding carboxylic acids is 1. The van der Waals surface area contributed by atoms with Crippen LogP contribution >= 0.6 is 0 Å². The second-order valence-corrected chi connectivity index (χ2v) is 2.43. The van der Waals surface area contributed by atoms with E-state index in [0.717, 1.165) is 0 Å². The molecule has 0 atom stereocenters. The molecule has 0 unspecified atom stereocenters. The molecule has 0 aliphatic carbocycles. The molecule has 10 heavy (non-hydrogen) atoms. The second-order valence-electron chi connectivity index (χ2n) is 2.43. The number of methoxy groups -OCH3 is 1. The van der Waals surface area contributed by atoms with Gasteiger partial charge in [0.2, 0.25) is 0 Å². The van der Waals surface area contributed by atoms with Gasteiger partial charge in [0.05, 0.1) is 13.5 Å². The third-order valence-electron chi connectivity index (χ3n) is 1.11. The average molecular weight is 145 g/mol. The third kappa shape index (κ3) is 5.56. The number of ether oxygens (including phenoxy) is 1. The predicted octanol–water partition coefficient (Wildman–Crippen LogP) is 0.547. The van der Waals surface area contributed by atoms with Gasteiger partial charge in [-0.3, -0.25) is 4.79 Å². The lowest BCUT2D eigenvalue weighted by Gasteiger charge is -2.05. The maximum absolute atomic E-state index is 10.5. The van der Waals surface area contributed by atoms with E-state index in [1.807, 2.05) is 13.8 Å². The summed E-state index contributed by atoms with van der Waals surface area (Å²) in [6.07, 6.45) is 0.453. The van der Waals surface area contributed by atoms with Gasteiger partial charge in [-0.15, -0.1) is 0 Å². The van der Waals surface area contributed by atoms with Crippen LogP contribution in [0.3, 0.4) is 0 Å². The zero-order valence-corrected chi connectivity index (χ0v) is 6.81. The molecule has 0 aliphatic rings. The number of esters is 1. The minimum Gasteiger partial charge on any atom is -0.469 e. The lowest BCUT2D eigenvalue weighted by Crippen LogP contribution is -2.25.